The standard InChI is InChI=1S/C20H21FN2OS/c1-24-19-5-3-4-13-10-17(22-20(13)19)16-11-15(25-2)6-7-18(16)23-9-8-14(21)12-23/h3-7,10-11,14,22H,8-9,12H2,1-2H3. The van der Waals surface area contributed by atoms with Crippen LogP contribution in [-0.4, -0.2) is 37.6 Å². The monoisotopic (exact) mass is 356 g/mol. The molecular weight excluding hydrogens is 335 g/mol. The number of aromatic nitrogens is 1. The molecule has 5 heteroatoms. The molecule has 1 aliphatic rings. The van der Waals surface area contributed by atoms with E-state index in [1.165, 1.54) is 4.90 Å². The second-order valence-electron chi connectivity index (χ2n) is 6.32. The zero-order chi connectivity index (χ0) is 17.4. The van der Waals surface area contributed by atoms with Gasteiger partial charge in [0.05, 0.1) is 12.6 Å². The molecule has 3 nitrogen and oxygen atoms in total. The first-order valence-electron chi connectivity index (χ1n) is 8.42. The molecule has 0 aliphatic carbocycles. The molecule has 0 bridgehead atoms. The van der Waals surface area contributed by atoms with E-state index in [1.54, 1.807) is 18.9 Å². The van der Waals surface area contributed by atoms with Gasteiger partial charge in [0.1, 0.15) is 11.9 Å². The van der Waals surface area contributed by atoms with Gasteiger partial charge in [-0.2, -0.15) is 0 Å². The van der Waals surface area contributed by atoms with Gasteiger partial charge in [0, 0.05) is 40.3 Å². The summed E-state index contributed by atoms with van der Waals surface area (Å²) in [6.45, 7) is 1.23. The number of thioether (sulfide) groups is 1. The number of para-hydroxylation sites is 1. The van der Waals surface area contributed by atoms with Gasteiger partial charge >= 0.3 is 0 Å². The first-order valence-corrected chi connectivity index (χ1v) is 9.65. The largest absolute Gasteiger partial charge is 0.495 e. The van der Waals surface area contributed by atoms with Crippen molar-refractivity contribution >= 4 is 28.4 Å². The van der Waals surface area contributed by atoms with Crippen molar-refractivity contribution in [3.05, 3.63) is 42.5 Å². The number of hydrogen-bond donors (Lipinski definition) is 1. The number of H-pyrrole nitrogens is 1. The van der Waals surface area contributed by atoms with Crippen LogP contribution in [0.25, 0.3) is 22.2 Å². The Hall–Kier alpha value is -2.14. The third kappa shape index (κ3) is 2.97. The molecule has 4 rings (SSSR count). The number of benzene rings is 2. The predicted octanol–water partition coefficient (Wildman–Crippen LogP) is 5.11. The number of fused-ring (bicyclic) bond motifs is 1. The predicted molar refractivity (Wildman–Crippen MR) is 104 cm³/mol. The highest BCUT2D eigenvalue weighted by molar-refractivity contribution is 7.98. The number of methoxy groups -OCH3 is 1. The molecule has 2 aromatic carbocycles. The average Bonchev–Trinajstić information content (AvgIpc) is 3.27. The molecule has 1 aromatic heterocycles. The summed E-state index contributed by atoms with van der Waals surface area (Å²) < 4.78 is 19.2. The summed E-state index contributed by atoms with van der Waals surface area (Å²) in [5.41, 5.74) is 4.22. The lowest BCUT2D eigenvalue weighted by Crippen LogP contribution is -2.20. The van der Waals surface area contributed by atoms with Gasteiger partial charge in [0.2, 0.25) is 0 Å². The lowest BCUT2D eigenvalue weighted by molar-refractivity contribution is 0.364. The minimum Gasteiger partial charge on any atom is -0.495 e. The molecule has 0 amide bonds. The van der Waals surface area contributed by atoms with Gasteiger partial charge in [0.15, 0.2) is 0 Å². The van der Waals surface area contributed by atoms with Crippen molar-refractivity contribution in [2.75, 3.05) is 31.4 Å². The van der Waals surface area contributed by atoms with E-state index in [4.69, 9.17) is 4.74 Å². The summed E-state index contributed by atoms with van der Waals surface area (Å²) in [5, 5.41) is 1.11. The van der Waals surface area contributed by atoms with Crippen LogP contribution in [0.2, 0.25) is 0 Å². The smallest absolute Gasteiger partial charge is 0.142 e. The maximum absolute atomic E-state index is 13.7. The molecule has 1 atom stereocenters. The number of halogens is 1. The Morgan fingerprint density at radius 3 is 2.84 bits per heavy atom. The first-order chi connectivity index (χ1) is 12.2. The number of anilines is 1. The van der Waals surface area contributed by atoms with Gasteiger partial charge in [-0.15, -0.1) is 11.8 Å². The molecular formula is C20H21FN2OS. The van der Waals surface area contributed by atoms with Crippen molar-refractivity contribution < 1.29 is 9.13 Å². The van der Waals surface area contributed by atoms with Gasteiger partial charge in [0.25, 0.3) is 0 Å². The van der Waals surface area contributed by atoms with E-state index >= 15 is 0 Å². The fourth-order valence-electron chi connectivity index (χ4n) is 3.51. The van der Waals surface area contributed by atoms with Crippen molar-refractivity contribution in [1.29, 1.82) is 0 Å². The molecule has 0 spiro atoms. The third-order valence-corrected chi connectivity index (χ3v) is 5.53. The van der Waals surface area contributed by atoms with Crippen LogP contribution in [0.5, 0.6) is 5.75 Å². The highest BCUT2D eigenvalue weighted by atomic mass is 32.2. The summed E-state index contributed by atoms with van der Waals surface area (Å²) in [4.78, 5) is 6.84. The Kier molecular flexibility index (Phi) is 4.34. The van der Waals surface area contributed by atoms with Crippen LogP contribution in [-0.2, 0) is 0 Å². The van der Waals surface area contributed by atoms with Gasteiger partial charge in [-0.25, -0.2) is 4.39 Å². The zero-order valence-corrected chi connectivity index (χ0v) is 15.2. The van der Waals surface area contributed by atoms with E-state index in [0.717, 1.165) is 40.1 Å². The summed E-state index contributed by atoms with van der Waals surface area (Å²) in [5.74, 6) is 0.830. The van der Waals surface area contributed by atoms with E-state index in [9.17, 15) is 4.39 Å². The summed E-state index contributed by atoms with van der Waals surface area (Å²) >= 11 is 1.71. The van der Waals surface area contributed by atoms with Crippen molar-refractivity contribution in [3.63, 3.8) is 0 Å². The molecule has 1 saturated heterocycles. The summed E-state index contributed by atoms with van der Waals surface area (Å²) in [7, 11) is 1.68. The molecule has 25 heavy (non-hydrogen) atoms. The average molecular weight is 356 g/mol. The highest BCUT2D eigenvalue weighted by Crippen LogP contribution is 2.38. The summed E-state index contributed by atoms with van der Waals surface area (Å²) in [6.07, 6.45) is 1.93. The zero-order valence-electron chi connectivity index (χ0n) is 14.4. The van der Waals surface area contributed by atoms with E-state index < -0.39 is 6.17 Å². The molecule has 1 unspecified atom stereocenters. The second kappa shape index (κ2) is 6.64. The minimum absolute atomic E-state index is 0.467. The molecule has 2 heterocycles. The third-order valence-electron chi connectivity index (χ3n) is 4.80. The summed E-state index contributed by atoms with van der Waals surface area (Å²) in [6, 6.07) is 14.6. The maximum atomic E-state index is 13.7. The number of hydrogen-bond acceptors (Lipinski definition) is 3. The second-order valence-corrected chi connectivity index (χ2v) is 7.20. The molecule has 1 fully saturated rings. The Morgan fingerprint density at radius 1 is 1.24 bits per heavy atom. The molecule has 1 N–H and O–H groups in total. The van der Waals surface area contributed by atoms with E-state index in [0.29, 0.717) is 13.0 Å². The van der Waals surface area contributed by atoms with Crippen LogP contribution in [0, 0.1) is 0 Å². The van der Waals surface area contributed by atoms with E-state index in [2.05, 4.69) is 46.5 Å². The Balaban J connectivity index is 1.86. The molecule has 0 saturated carbocycles. The van der Waals surface area contributed by atoms with E-state index in [1.807, 2.05) is 12.1 Å². The van der Waals surface area contributed by atoms with Gasteiger partial charge in [-0.1, -0.05) is 12.1 Å². The number of nitrogens with one attached hydrogen (secondary N) is 1. The number of rotatable bonds is 4. The normalized spacial score (nSPS) is 17.4. The first kappa shape index (κ1) is 16.3. The number of nitrogens with zero attached hydrogens (tertiary/aromatic N) is 1. The van der Waals surface area contributed by atoms with Crippen LogP contribution in [0.3, 0.4) is 0 Å². The Bertz CT molecular complexity index is 908. The van der Waals surface area contributed by atoms with Crippen LogP contribution >= 0.6 is 11.8 Å². The van der Waals surface area contributed by atoms with Gasteiger partial charge in [-0.05, 0) is 43.0 Å². The van der Waals surface area contributed by atoms with Crippen LogP contribution in [0.15, 0.2) is 47.4 Å². The van der Waals surface area contributed by atoms with Crippen LogP contribution < -0.4 is 9.64 Å². The SMILES string of the molecule is COc1cccc2cc(-c3cc(SC)ccc3N3CCC(F)C3)[nH]c12. The lowest BCUT2D eigenvalue weighted by atomic mass is 10.1. The topological polar surface area (TPSA) is 28.3 Å². The van der Waals surface area contributed by atoms with Gasteiger partial charge in [-0.3, -0.25) is 0 Å². The van der Waals surface area contributed by atoms with Crippen molar-refractivity contribution in [1.82, 2.24) is 4.98 Å². The number of ether oxygens (including phenoxy) is 1. The van der Waals surface area contributed by atoms with Crippen molar-refractivity contribution in [3.8, 4) is 17.0 Å². The molecule has 3 aromatic rings. The van der Waals surface area contributed by atoms with Crippen LogP contribution in [0.1, 0.15) is 6.42 Å². The van der Waals surface area contributed by atoms with Crippen molar-refractivity contribution in [2.24, 2.45) is 0 Å². The van der Waals surface area contributed by atoms with Crippen LogP contribution in [0.4, 0.5) is 10.1 Å². The maximum Gasteiger partial charge on any atom is 0.142 e. The number of aromatic amines is 1. The Morgan fingerprint density at radius 2 is 2.12 bits per heavy atom. The highest BCUT2D eigenvalue weighted by Gasteiger charge is 2.24. The fourth-order valence-corrected chi connectivity index (χ4v) is 3.95. The lowest BCUT2D eigenvalue weighted by Gasteiger charge is -2.21. The molecule has 130 valence electrons. The number of alkyl halides is 1. The molecule has 1 aliphatic heterocycles. The minimum atomic E-state index is -0.740. The van der Waals surface area contributed by atoms with Crippen molar-refractivity contribution in [2.45, 2.75) is 17.5 Å². The van der Waals surface area contributed by atoms with E-state index in [-0.39, 0.29) is 0 Å². The molecule has 0 radical (unpaired) electrons. The quantitative estimate of drug-likeness (QED) is 0.658. The van der Waals surface area contributed by atoms with Gasteiger partial charge < -0.3 is 14.6 Å². The fraction of sp³-hybridized carbons (Fsp3) is 0.300. The Labute approximate surface area is 151 Å².